The van der Waals surface area contributed by atoms with E-state index in [1.165, 1.54) is 33.1 Å². The standard InChI is InChI=1S/C25H24N3.C12H10N.Ir/c1-17(2)26-16-27(24-12-8-7-11-23(24)26)19-13-14-21-20-9-5-6-10-22(20)28(18(3)4)25(21)15-19;1-10-7-8-12(13-9-10)11-5-3-2-4-6-11;/h5-12,14-15,17-18H,1-4H3;2-5,7-9H,1H3;/q+1;-1;. The number of hydrogen-bond donors (Lipinski definition) is 0. The van der Waals surface area contributed by atoms with Crippen LogP contribution in [0.5, 0.6) is 0 Å². The van der Waals surface area contributed by atoms with Gasteiger partial charge in [-0.15, -0.1) is 47.3 Å². The van der Waals surface area contributed by atoms with Crippen LogP contribution in [0.4, 0.5) is 17.1 Å². The van der Waals surface area contributed by atoms with Crippen molar-refractivity contribution in [3.05, 3.63) is 121 Å². The topological polar surface area (TPSA) is 23.8 Å². The Kier molecular flexibility index (Phi) is 8.66. The first-order chi connectivity index (χ1) is 19.9. The molecule has 0 bridgehead atoms. The first-order valence-corrected chi connectivity index (χ1v) is 14.2. The first-order valence-electron chi connectivity index (χ1n) is 14.2. The van der Waals surface area contributed by atoms with Gasteiger partial charge < -0.3 is 9.55 Å². The van der Waals surface area contributed by atoms with E-state index in [2.05, 4.69) is 131 Å². The third-order valence-electron chi connectivity index (χ3n) is 7.39. The zero-order valence-corrected chi connectivity index (χ0v) is 27.0. The van der Waals surface area contributed by atoms with Crippen LogP contribution in [-0.4, -0.2) is 26.2 Å². The van der Waals surface area contributed by atoms with Gasteiger partial charge in [0.25, 0.3) is 11.4 Å². The molecule has 1 aliphatic rings. The number of pyridine rings is 1. The van der Waals surface area contributed by atoms with Crippen molar-refractivity contribution < 1.29 is 24.7 Å². The molecule has 7 rings (SSSR count). The summed E-state index contributed by atoms with van der Waals surface area (Å²) in [5.41, 5.74) is 9.08. The molecule has 4 nitrogen and oxygen atoms in total. The van der Waals surface area contributed by atoms with Gasteiger partial charge in [0.05, 0.1) is 0 Å². The van der Waals surface area contributed by atoms with Crippen LogP contribution in [-0.2, 0) is 20.1 Å². The summed E-state index contributed by atoms with van der Waals surface area (Å²) in [5, 5.41) is 2.54. The van der Waals surface area contributed by atoms with Crippen molar-refractivity contribution in [1.82, 2.24) is 14.1 Å². The smallest absolute Gasteiger partial charge is 0.362 e. The minimum atomic E-state index is 0. The Hall–Kier alpha value is -4.14. The second-order valence-corrected chi connectivity index (χ2v) is 11.0. The number of nitrogens with zero attached hydrogens (tertiary/aromatic N) is 4. The van der Waals surface area contributed by atoms with Crippen LogP contribution in [0.15, 0.2) is 103 Å². The molecule has 0 saturated heterocycles. The van der Waals surface area contributed by atoms with Crippen LogP contribution in [0.3, 0.4) is 0 Å². The van der Waals surface area contributed by atoms with Crippen molar-refractivity contribution in [2.75, 3.05) is 0 Å². The van der Waals surface area contributed by atoms with Crippen LogP contribution in [0.25, 0.3) is 33.1 Å². The van der Waals surface area contributed by atoms with Crippen LogP contribution in [0, 0.1) is 19.1 Å². The minimum absolute atomic E-state index is 0. The van der Waals surface area contributed by atoms with Crippen molar-refractivity contribution >= 4 is 44.9 Å². The Bertz CT molecular complexity index is 1930. The molecule has 1 aliphatic heterocycles. The van der Waals surface area contributed by atoms with Gasteiger partial charge in [0, 0.05) is 50.0 Å². The summed E-state index contributed by atoms with van der Waals surface area (Å²) < 4.78 is 6.76. The van der Waals surface area contributed by atoms with E-state index in [0.29, 0.717) is 12.1 Å². The van der Waals surface area contributed by atoms with E-state index in [-0.39, 0.29) is 20.1 Å². The molecule has 0 fully saturated rings. The Morgan fingerprint density at radius 2 is 1.52 bits per heavy atom. The number of aromatic nitrogens is 2. The van der Waals surface area contributed by atoms with E-state index in [1.54, 1.807) is 0 Å². The molecule has 0 aliphatic carbocycles. The fraction of sp³-hybridized carbons (Fsp3) is 0.189. The second kappa shape index (κ2) is 12.4. The van der Waals surface area contributed by atoms with Gasteiger partial charge in [0.1, 0.15) is 5.69 Å². The monoisotopic (exact) mass is 727 g/mol. The summed E-state index contributed by atoms with van der Waals surface area (Å²) in [4.78, 5) is 4.32. The predicted octanol–water partition coefficient (Wildman–Crippen LogP) is 9.10. The zero-order chi connectivity index (χ0) is 28.5. The molecular formula is C37H34IrN4. The van der Waals surface area contributed by atoms with Gasteiger partial charge in [-0.25, -0.2) is 0 Å². The molecule has 2 aromatic heterocycles. The molecule has 4 aromatic carbocycles. The SMILES string of the molecule is CC(C)n1c2ccccc2c2c[c-]c([N+]3=C=[N+](C(C)C)c4ccccc43)cc21.Cc1ccc(-c2[c-]cccc2)nc1.[Ir]. The summed E-state index contributed by atoms with van der Waals surface area (Å²) in [6.07, 6.45) is 1.87. The van der Waals surface area contributed by atoms with Crippen molar-refractivity contribution in [3.63, 3.8) is 0 Å². The number of para-hydroxylation sites is 3. The maximum absolute atomic E-state index is 4.32. The summed E-state index contributed by atoms with van der Waals surface area (Å²) in [7, 11) is 0. The van der Waals surface area contributed by atoms with E-state index in [4.69, 9.17) is 0 Å². The number of hydrogen-bond acceptors (Lipinski definition) is 1. The van der Waals surface area contributed by atoms with E-state index in [1.807, 2.05) is 43.5 Å². The average Bonchev–Trinajstić information content (AvgIpc) is 3.55. The third kappa shape index (κ3) is 5.52. The van der Waals surface area contributed by atoms with Gasteiger partial charge in [0.2, 0.25) is 0 Å². The van der Waals surface area contributed by atoms with E-state index in [9.17, 15) is 0 Å². The Morgan fingerprint density at radius 1 is 0.786 bits per heavy atom. The first kappa shape index (κ1) is 29.4. The fourth-order valence-electron chi connectivity index (χ4n) is 5.44. The molecule has 0 amide bonds. The molecule has 0 unspecified atom stereocenters. The Labute approximate surface area is 261 Å². The molecule has 0 saturated carbocycles. The Morgan fingerprint density at radius 3 is 2.21 bits per heavy atom. The largest absolute Gasteiger partial charge is 0.494 e. The minimum Gasteiger partial charge on any atom is -0.362 e. The molecule has 3 heterocycles. The molecular weight excluding hydrogens is 693 g/mol. The molecule has 0 N–H and O–H groups in total. The summed E-state index contributed by atoms with van der Waals surface area (Å²) in [6, 6.07) is 44.4. The quantitative estimate of drug-likeness (QED) is 0.131. The summed E-state index contributed by atoms with van der Waals surface area (Å²) in [6.45, 7) is 10.9. The second-order valence-electron chi connectivity index (χ2n) is 11.0. The van der Waals surface area contributed by atoms with E-state index >= 15 is 0 Å². The van der Waals surface area contributed by atoms with Crippen LogP contribution in [0.1, 0.15) is 39.3 Å². The van der Waals surface area contributed by atoms with E-state index in [0.717, 1.165) is 22.6 Å². The van der Waals surface area contributed by atoms with Crippen LogP contribution in [0.2, 0.25) is 0 Å². The predicted molar refractivity (Wildman–Crippen MR) is 170 cm³/mol. The molecule has 42 heavy (non-hydrogen) atoms. The molecule has 6 aromatic rings. The maximum Gasteiger partial charge on any atom is 0.494 e. The van der Waals surface area contributed by atoms with Gasteiger partial charge in [-0.1, -0.05) is 63.2 Å². The third-order valence-corrected chi connectivity index (χ3v) is 7.39. The van der Waals surface area contributed by atoms with Crippen LogP contribution >= 0.6 is 0 Å². The normalized spacial score (nSPS) is 12.1. The van der Waals surface area contributed by atoms with Gasteiger partial charge in [0.15, 0.2) is 6.04 Å². The van der Waals surface area contributed by atoms with Crippen molar-refractivity contribution in [1.29, 1.82) is 0 Å². The van der Waals surface area contributed by atoms with Crippen molar-refractivity contribution in [2.45, 2.75) is 46.7 Å². The van der Waals surface area contributed by atoms with Crippen molar-refractivity contribution in [2.24, 2.45) is 0 Å². The molecule has 211 valence electrons. The average molecular weight is 727 g/mol. The van der Waals surface area contributed by atoms with Gasteiger partial charge in [-0.3, -0.25) is 0 Å². The van der Waals surface area contributed by atoms with Crippen molar-refractivity contribution in [3.8, 4) is 11.3 Å². The summed E-state index contributed by atoms with van der Waals surface area (Å²) >= 11 is 0. The number of benzene rings is 4. The molecule has 0 atom stereocenters. The molecule has 1 radical (unpaired) electrons. The molecule has 5 heteroatoms. The summed E-state index contributed by atoms with van der Waals surface area (Å²) in [5.74, 6) is 0. The number of fused-ring (bicyclic) bond motifs is 4. The number of aryl methyl sites for hydroxylation is 1. The maximum atomic E-state index is 4.32. The van der Waals surface area contributed by atoms with Crippen LogP contribution < -0.4 is 4.58 Å². The van der Waals surface area contributed by atoms with Gasteiger partial charge in [-0.05, 0) is 57.3 Å². The zero-order valence-electron chi connectivity index (χ0n) is 24.6. The number of rotatable bonds is 4. The Balaban J connectivity index is 0.000000212. The van der Waals surface area contributed by atoms with Gasteiger partial charge in [-0.2, -0.15) is 6.07 Å². The van der Waals surface area contributed by atoms with Gasteiger partial charge >= 0.3 is 6.01 Å². The fourth-order valence-corrected chi connectivity index (χ4v) is 5.44. The van der Waals surface area contributed by atoms with E-state index < -0.39 is 0 Å². The molecule has 0 spiro atoms.